The zero-order chi connectivity index (χ0) is 12.3. The predicted molar refractivity (Wildman–Crippen MR) is 66.7 cm³/mol. The second kappa shape index (κ2) is 5.16. The second-order valence-corrected chi connectivity index (χ2v) is 4.89. The number of rotatable bonds is 4. The van der Waals surface area contributed by atoms with E-state index in [-0.39, 0.29) is 12.6 Å². The summed E-state index contributed by atoms with van der Waals surface area (Å²) in [6, 6.07) is 7.94. The van der Waals surface area contributed by atoms with Gasteiger partial charge in [-0.05, 0) is 17.7 Å². The van der Waals surface area contributed by atoms with Crippen LogP contribution in [0.25, 0.3) is 0 Å². The van der Waals surface area contributed by atoms with Crippen LogP contribution in [0.1, 0.15) is 5.56 Å². The lowest BCUT2D eigenvalue weighted by molar-refractivity contribution is -0.158. The van der Waals surface area contributed by atoms with Crippen molar-refractivity contribution in [3.05, 3.63) is 34.3 Å². The Kier molecular flexibility index (Phi) is 3.81. The van der Waals surface area contributed by atoms with Crippen molar-refractivity contribution >= 4 is 21.9 Å². The number of benzene rings is 1. The van der Waals surface area contributed by atoms with E-state index in [1.54, 1.807) is 0 Å². The highest BCUT2D eigenvalue weighted by Gasteiger charge is 2.40. The molecule has 4 nitrogen and oxygen atoms in total. The van der Waals surface area contributed by atoms with Crippen LogP contribution in [0.2, 0.25) is 0 Å². The maximum absolute atomic E-state index is 11.1. The lowest BCUT2D eigenvalue weighted by Gasteiger charge is -2.42. The lowest BCUT2D eigenvalue weighted by atomic mass is 9.88. The van der Waals surface area contributed by atoms with Crippen LogP contribution in [-0.2, 0) is 19.9 Å². The van der Waals surface area contributed by atoms with Crippen LogP contribution < -0.4 is 5.32 Å². The first-order valence-corrected chi connectivity index (χ1v) is 6.13. The minimum Gasteiger partial charge on any atom is -0.467 e. The predicted octanol–water partition coefficient (Wildman–Crippen LogP) is 1.44. The van der Waals surface area contributed by atoms with Crippen molar-refractivity contribution in [2.75, 3.05) is 26.8 Å². The Morgan fingerprint density at radius 2 is 2.29 bits per heavy atom. The van der Waals surface area contributed by atoms with Gasteiger partial charge in [-0.15, -0.1) is 0 Å². The number of hydrogen-bond donors (Lipinski definition) is 1. The molecule has 5 heteroatoms. The van der Waals surface area contributed by atoms with Crippen LogP contribution in [0.3, 0.4) is 0 Å². The van der Waals surface area contributed by atoms with Crippen LogP contribution in [0, 0.1) is 0 Å². The van der Waals surface area contributed by atoms with Crippen LogP contribution in [0.5, 0.6) is 0 Å². The van der Waals surface area contributed by atoms with Gasteiger partial charge in [0.15, 0.2) is 0 Å². The molecule has 0 atom stereocenters. The fourth-order valence-electron chi connectivity index (χ4n) is 1.77. The molecule has 2 rings (SSSR count). The number of carbonyl (C=O) groups is 1. The standard InChI is InChI=1S/C12H14BrNO3/c1-16-11(15)6-17-12(7-14-8-12)9-3-2-4-10(13)5-9/h2-5,14H,6-8H2,1H3. The quantitative estimate of drug-likeness (QED) is 0.855. The molecule has 0 unspecified atom stereocenters. The van der Waals surface area contributed by atoms with Gasteiger partial charge in [-0.25, -0.2) is 4.79 Å². The van der Waals surface area contributed by atoms with E-state index in [1.165, 1.54) is 7.11 Å². The number of ether oxygens (including phenoxy) is 2. The normalized spacial score (nSPS) is 17.3. The third kappa shape index (κ3) is 2.68. The molecule has 1 aromatic carbocycles. The zero-order valence-electron chi connectivity index (χ0n) is 9.53. The molecule has 0 aliphatic carbocycles. The lowest BCUT2D eigenvalue weighted by Crippen LogP contribution is -2.59. The van der Waals surface area contributed by atoms with E-state index in [1.807, 2.05) is 24.3 Å². The number of halogens is 1. The molecule has 0 amide bonds. The van der Waals surface area contributed by atoms with Gasteiger partial charge in [0.25, 0.3) is 0 Å². The molecular formula is C12H14BrNO3. The molecule has 1 aliphatic heterocycles. The summed E-state index contributed by atoms with van der Waals surface area (Å²) in [6.07, 6.45) is 0. The van der Waals surface area contributed by atoms with E-state index in [4.69, 9.17) is 4.74 Å². The molecule has 92 valence electrons. The second-order valence-electron chi connectivity index (χ2n) is 3.97. The van der Waals surface area contributed by atoms with Gasteiger partial charge in [-0.2, -0.15) is 0 Å². The first-order valence-electron chi connectivity index (χ1n) is 5.34. The Morgan fingerprint density at radius 1 is 1.53 bits per heavy atom. The van der Waals surface area contributed by atoms with Gasteiger partial charge in [0.05, 0.1) is 7.11 Å². The summed E-state index contributed by atoms with van der Waals surface area (Å²) in [7, 11) is 1.36. The zero-order valence-corrected chi connectivity index (χ0v) is 11.1. The Hall–Kier alpha value is -0.910. The highest BCUT2D eigenvalue weighted by molar-refractivity contribution is 9.10. The number of methoxy groups -OCH3 is 1. The van der Waals surface area contributed by atoms with E-state index in [0.29, 0.717) is 13.1 Å². The minimum absolute atomic E-state index is 0.0231. The van der Waals surface area contributed by atoms with Gasteiger partial charge >= 0.3 is 5.97 Å². The van der Waals surface area contributed by atoms with Gasteiger partial charge in [0.2, 0.25) is 0 Å². The van der Waals surface area contributed by atoms with Crippen LogP contribution >= 0.6 is 15.9 Å². The molecule has 1 heterocycles. The topological polar surface area (TPSA) is 47.6 Å². The van der Waals surface area contributed by atoms with Gasteiger partial charge in [0, 0.05) is 17.6 Å². The van der Waals surface area contributed by atoms with Crippen molar-refractivity contribution in [3.63, 3.8) is 0 Å². The highest BCUT2D eigenvalue weighted by Crippen LogP contribution is 2.31. The van der Waals surface area contributed by atoms with Gasteiger partial charge in [-0.1, -0.05) is 28.1 Å². The van der Waals surface area contributed by atoms with Gasteiger partial charge < -0.3 is 14.8 Å². The number of carbonyl (C=O) groups excluding carboxylic acids is 1. The van der Waals surface area contributed by atoms with Crippen LogP contribution in [0.15, 0.2) is 28.7 Å². The third-order valence-electron chi connectivity index (χ3n) is 2.87. The van der Waals surface area contributed by atoms with Gasteiger partial charge in [-0.3, -0.25) is 0 Å². The van der Waals surface area contributed by atoms with Gasteiger partial charge in [0.1, 0.15) is 12.2 Å². The number of hydrogen-bond acceptors (Lipinski definition) is 4. The Balaban J connectivity index is 2.11. The fraction of sp³-hybridized carbons (Fsp3) is 0.417. The van der Waals surface area contributed by atoms with Crippen LogP contribution in [0.4, 0.5) is 0 Å². The first-order chi connectivity index (χ1) is 8.16. The van der Waals surface area contributed by atoms with E-state index in [2.05, 4.69) is 26.0 Å². The fourth-order valence-corrected chi connectivity index (χ4v) is 2.17. The van der Waals surface area contributed by atoms with Crippen molar-refractivity contribution < 1.29 is 14.3 Å². The summed E-state index contributed by atoms with van der Waals surface area (Å²) in [5.41, 5.74) is 0.660. The van der Waals surface area contributed by atoms with E-state index in [9.17, 15) is 4.79 Å². The highest BCUT2D eigenvalue weighted by atomic mass is 79.9. The maximum atomic E-state index is 11.1. The van der Waals surface area contributed by atoms with Crippen molar-refractivity contribution in [1.82, 2.24) is 5.32 Å². The summed E-state index contributed by atoms with van der Waals surface area (Å²) in [6.45, 7) is 1.39. The summed E-state index contributed by atoms with van der Waals surface area (Å²) in [5, 5.41) is 3.17. The molecule has 0 spiro atoms. The SMILES string of the molecule is COC(=O)COC1(c2cccc(Br)c2)CNC1. The molecular weight excluding hydrogens is 286 g/mol. The average molecular weight is 300 g/mol. The molecule has 0 saturated carbocycles. The van der Waals surface area contributed by atoms with Crippen molar-refractivity contribution in [1.29, 1.82) is 0 Å². The molecule has 17 heavy (non-hydrogen) atoms. The van der Waals surface area contributed by atoms with E-state index >= 15 is 0 Å². The van der Waals surface area contributed by atoms with Crippen molar-refractivity contribution in [2.45, 2.75) is 5.60 Å². The molecule has 0 bridgehead atoms. The molecule has 1 saturated heterocycles. The summed E-state index contributed by atoms with van der Waals surface area (Å²) in [4.78, 5) is 11.1. The summed E-state index contributed by atoms with van der Waals surface area (Å²) in [5.74, 6) is -0.355. The van der Waals surface area contributed by atoms with Crippen LogP contribution in [-0.4, -0.2) is 32.8 Å². The Bertz CT molecular complexity index is 418. The summed E-state index contributed by atoms with van der Waals surface area (Å²) < 4.78 is 11.3. The van der Waals surface area contributed by atoms with Crippen molar-refractivity contribution in [2.24, 2.45) is 0 Å². The molecule has 1 aliphatic rings. The smallest absolute Gasteiger partial charge is 0.331 e. The Labute approximate surface area is 108 Å². The van der Waals surface area contributed by atoms with E-state index in [0.717, 1.165) is 10.0 Å². The van der Waals surface area contributed by atoms with Crippen molar-refractivity contribution in [3.8, 4) is 0 Å². The molecule has 0 radical (unpaired) electrons. The Morgan fingerprint density at radius 3 is 2.82 bits per heavy atom. The van der Waals surface area contributed by atoms with E-state index < -0.39 is 5.60 Å². The first kappa shape index (κ1) is 12.5. The largest absolute Gasteiger partial charge is 0.467 e. The monoisotopic (exact) mass is 299 g/mol. The third-order valence-corrected chi connectivity index (χ3v) is 3.36. The summed E-state index contributed by atoms with van der Waals surface area (Å²) >= 11 is 3.43. The maximum Gasteiger partial charge on any atom is 0.331 e. The minimum atomic E-state index is -0.405. The average Bonchev–Trinajstić information content (AvgIpc) is 2.27. The number of nitrogens with one attached hydrogen (secondary N) is 1. The molecule has 1 N–H and O–H groups in total. The molecule has 1 fully saturated rings. The molecule has 1 aromatic rings. The number of esters is 1. The molecule has 0 aromatic heterocycles.